The van der Waals surface area contributed by atoms with Gasteiger partial charge >= 0.3 is 0 Å². The lowest BCUT2D eigenvalue weighted by molar-refractivity contribution is -0.118. The van der Waals surface area contributed by atoms with E-state index in [2.05, 4.69) is 0 Å². The van der Waals surface area contributed by atoms with E-state index < -0.39 is 145 Å². The summed E-state index contributed by atoms with van der Waals surface area (Å²) < 4.78 is 250. The van der Waals surface area contributed by atoms with E-state index in [9.17, 15) is 92.3 Å². The van der Waals surface area contributed by atoms with Crippen LogP contribution in [0.4, 0.5) is 0 Å². The Hall–Kier alpha value is -8.05. The quantitative estimate of drug-likeness (QED) is 0.144. The highest BCUT2D eigenvalue weighted by Gasteiger charge is 2.39. The molecule has 3 aromatic carbocycles. The number of benzene rings is 3. The van der Waals surface area contributed by atoms with Crippen molar-refractivity contribution in [2.45, 2.75) is 58.5 Å². The Kier molecular flexibility index (Phi) is 20.8. The van der Waals surface area contributed by atoms with Gasteiger partial charge in [-0.05, 0) is 95.6 Å². The molecule has 7 aliphatic carbocycles. The van der Waals surface area contributed by atoms with Crippen LogP contribution in [0.3, 0.4) is 0 Å². The third kappa shape index (κ3) is 17.3. The Balaban J connectivity index is 0.000000183. The molecular formula is C50H49N5O29S8. The van der Waals surface area contributed by atoms with Crippen LogP contribution in [0, 0.1) is 28.1 Å². The summed E-state index contributed by atoms with van der Waals surface area (Å²) in [6.07, 6.45) is 12.3. The number of phenolic OH excluding ortho intramolecular Hbond substituents is 3. The summed E-state index contributed by atoms with van der Waals surface area (Å²) in [6.45, 7) is 0. The van der Waals surface area contributed by atoms with Gasteiger partial charge in [0.2, 0.25) is 0 Å². The number of nitrogens with two attached hydrogens (primary N) is 2. The predicted molar refractivity (Wildman–Crippen MR) is 322 cm³/mol. The molecule has 7 aliphatic rings. The van der Waals surface area contributed by atoms with Crippen LogP contribution >= 0.6 is 0 Å². The monoisotopic (exact) mass is 1440 g/mol. The van der Waals surface area contributed by atoms with Crippen LogP contribution in [0.5, 0.6) is 17.2 Å². The predicted octanol–water partition coefficient (Wildman–Crippen LogP) is 2.54. The first-order valence-corrected chi connectivity index (χ1v) is 36.4. The zero-order chi connectivity index (χ0) is 69.7. The van der Waals surface area contributed by atoms with Crippen LogP contribution in [0.15, 0.2) is 137 Å². The molecule has 0 spiro atoms. The lowest BCUT2D eigenvalue weighted by Crippen LogP contribution is -2.28. The van der Waals surface area contributed by atoms with Crippen molar-refractivity contribution in [1.82, 2.24) is 0 Å². The average Bonchev–Trinajstić information content (AvgIpc) is 0.781. The number of ketones is 2. The van der Waals surface area contributed by atoms with E-state index in [0.717, 1.165) is 60.7 Å². The van der Waals surface area contributed by atoms with Crippen LogP contribution in [0.1, 0.15) is 64.3 Å². The first kappa shape index (κ1) is 73.0. The highest BCUT2D eigenvalue weighted by atomic mass is 32.2. The second-order valence-corrected chi connectivity index (χ2v) is 31.6. The first-order chi connectivity index (χ1) is 41.8. The first-order valence-electron chi connectivity index (χ1n) is 24.8. The molecule has 10 rings (SSSR count). The van der Waals surface area contributed by atoms with E-state index in [4.69, 9.17) is 64.1 Å². The highest BCUT2D eigenvalue weighted by molar-refractivity contribution is 7.95. The number of phenols is 3. The third-order valence-electron chi connectivity index (χ3n) is 13.7. The van der Waals surface area contributed by atoms with Gasteiger partial charge in [-0.3, -0.25) is 46.0 Å². The molecule has 0 heterocycles. The molecule has 0 saturated heterocycles. The molecule has 3 unspecified atom stereocenters. The van der Waals surface area contributed by atoms with Gasteiger partial charge in [-0.25, -0.2) is 0 Å². The van der Waals surface area contributed by atoms with Gasteiger partial charge in [0.25, 0.3) is 80.9 Å². The van der Waals surface area contributed by atoms with Crippen molar-refractivity contribution in [3.05, 3.63) is 156 Å². The number of carbonyl (C=O) groups is 2. The second kappa shape index (κ2) is 26.2. The fourth-order valence-electron chi connectivity index (χ4n) is 9.61. The number of allylic oxidation sites excluding steroid dienone is 14. The van der Waals surface area contributed by atoms with E-state index in [1.807, 2.05) is 0 Å². The Labute approximate surface area is 522 Å². The fraction of sp³-hybridized carbons (Fsp3) is 0.180. The van der Waals surface area contributed by atoms with Gasteiger partial charge in [0.05, 0.1) is 30.2 Å². The van der Waals surface area contributed by atoms with Gasteiger partial charge < -0.3 is 43.0 Å². The van der Waals surface area contributed by atoms with Gasteiger partial charge in [0, 0.05) is 102 Å². The Morgan fingerprint density at radius 3 is 1.48 bits per heavy atom. The van der Waals surface area contributed by atoms with Crippen LogP contribution < -0.4 is 11.5 Å². The van der Waals surface area contributed by atoms with E-state index in [1.165, 1.54) is 18.2 Å². The van der Waals surface area contributed by atoms with Crippen molar-refractivity contribution >= 4 is 127 Å². The van der Waals surface area contributed by atoms with Crippen LogP contribution in [0.2, 0.25) is 0 Å². The number of hydrogen-bond donors (Lipinski definition) is 16. The summed E-state index contributed by atoms with van der Waals surface area (Å²) in [5.74, 6) is -3.43. The van der Waals surface area contributed by atoms with Crippen LogP contribution in [-0.4, -0.2) is 148 Å². The number of rotatable bonds is 8. The summed E-state index contributed by atoms with van der Waals surface area (Å²) in [4.78, 5) is 19.7. The lowest BCUT2D eigenvalue weighted by Gasteiger charge is -2.27. The van der Waals surface area contributed by atoms with Crippen molar-refractivity contribution in [1.29, 1.82) is 16.2 Å². The molecule has 3 aromatic rings. The van der Waals surface area contributed by atoms with E-state index >= 15 is 0 Å². The Morgan fingerprint density at radius 1 is 0.467 bits per heavy atom. The van der Waals surface area contributed by atoms with E-state index in [-0.39, 0.29) is 93.0 Å². The zero-order valence-electron chi connectivity index (χ0n) is 45.9. The molecule has 0 amide bonds. The third-order valence-corrected chi connectivity index (χ3v) is 21.1. The average molecular weight is 1440 g/mol. The van der Waals surface area contributed by atoms with E-state index in [0.29, 0.717) is 34.5 Å². The summed E-state index contributed by atoms with van der Waals surface area (Å²) in [6, 6.07) is 5.57. The van der Waals surface area contributed by atoms with Gasteiger partial charge in [-0.1, -0.05) is 17.2 Å². The normalized spacial score (nSPS) is 19.8. The topological polar surface area (TPSA) is 653 Å². The SMILES string of the molecule is N=C1C=C(S(=O)(=O)O)c2c(O)ccc(S(=O)(=O)O)c2C1.N=C1C=Cc2c(O)cc(S(=O)(=O)O)cc2C1.N=C1C=Cc2c(O)cc(S(=O)(=O)O)cc2C1S(=O)(=O)O.NC1=C(S(=O)(=O)O)C=C2CC(S(=O)(=O)O)=CC(=O)C2C1.NC1=CC=C2CC(S(=O)(=O)O)=CC(=O)C2C1. The molecule has 0 saturated carbocycles. The summed E-state index contributed by atoms with van der Waals surface area (Å²) >= 11 is 0. The maximum Gasteiger partial charge on any atom is 0.296 e. The molecule has 0 aromatic heterocycles. The van der Waals surface area contributed by atoms with Gasteiger partial charge in [0.1, 0.15) is 27.1 Å². The molecule has 18 N–H and O–H groups in total. The van der Waals surface area contributed by atoms with E-state index in [1.54, 1.807) is 18.2 Å². The smallest absolute Gasteiger partial charge is 0.296 e. The summed E-state index contributed by atoms with van der Waals surface area (Å²) in [5, 5.41) is 49.6. The minimum Gasteiger partial charge on any atom is -0.507 e. The standard InChI is InChI=1S/C10H11NO7S2.2C10H9NO7S2.C10H9NO4S.C10H11NO4S/c11-8-4-7-5(2-10(8)20(16,17)18)1-6(3-9(7)12)19(13,14)15;11-5-3-6-8(19(13,14)15)2-1-7(12)10(6)9(4-5)20(16,17)18;11-8-2-1-6-7(10(8)20(16,17)18)3-5(4-9(6)12)19(13,14)15;11-7-1-2-9-6(3-7)4-8(5-10(9)12)16(13,14)15;11-7-2-1-6-3-8(16(13,14)15)5-10(12)9(6)4-7/h2-3,7H,1,4,11H2,(H,13,14,15)(H,16,17,18);1-2,4,11-12H,3H2,(H,13,14,15)(H,16,17,18);1-4,10-12H,(H,13,14,15)(H,16,17,18);1-2,4-5,11-12H,3H2,(H,13,14,15);1-2,5,9H,3-4,11H2,(H,13,14,15). The molecule has 92 heavy (non-hydrogen) atoms. The second-order valence-electron chi connectivity index (χ2n) is 20.1. The Morgan fingerprint density at radius 2 is 0.978 bits per heavy atom. The van der Waals surface area contributed by atoms with Crippen molar-refractivity contribution < 1.29 is 129 Å². The maximum atomic E-state index is 11.8. The van der Waals surface area contributed by atoms with Crippen LogP contribution in [0.25, 0.3) is 17.1 Å². The van der Waals surface area contributed by atoms with Crippen molar-refractivity contribution in [2.24, 2.45) is 23.3 Å². The zero-order valence-corrected chi connectivity index (χ0v) is 52.4. The molecule has 3 atom stereocenters. The molecule has 42 heteroatoms. The molecule has 0 bridgehead atoms. The van der Waals surface area contributed by atoms with Crippen molar-refractivity contribution in [3.8, 4) is 17.2 Å². The fourth-order valence-corrected chi connectivity index (χ4v) is 15.1. The maximum absolute atomic E-state index is 11.8. The minimum atomic E-state index is -4.77. The lowest BCUT2D eigenvalue weighted by atomic mass is 9.81. The Bertz CT molecular complexity index is 5070. The molecule has 0 aliphatic heterocycles. The molecule has 34 nitrogen and oxygen atoms in total. The number of aromatic hydroxyl groups is 3. The largest absolute Gasteiger partial charge is 0.507 e. The molecule has 0 fully saturated rings. The van der Waals surface area contributed by atoms with Gasteiger partial charge in [-0.15, -0.1) is 0 Å². The number of carbonyl (C=O) groups excluding carboxylic acids is 2. The highest BCUT2D eigenvalue weighted by Crippen LogP contribution is 2.42. The van der Waals surface area contributed by atoms with Gasteiger partial charge in [0.15, 0.2) is 16.8 Å². The number of hydrogen-bond acceptors (Lipinski definition) is 26. The number of fused-ring (bicyclic) bond motifs is 5. The van der Waals surface area contributed by atoms with Crippen molar-refractivity contribution in [3.63, 3.8) is 0 Å². The summed E-state index contributed by atoms with van der Waals surface area (Å²) in [7, 11) is -36.5. The van der Waals surface area contributed by atoms with Crippen molar-refractivity contribution in [2.75, 3.05) is 0 Å². The van der Waals surface area contributed by atoms with Gasteiger partial charge in [-0.2, -0.15) is 67.3 Å². The van der Waals surface area contributed by atoms with Crippen LogP contribution in [-0.2, 0) is 103 Å². The number of nitrogens with one attached hydrogen (secondary N) is 3. The molecule has 496 valence electrons. The molecule has 0 radical (unpaired) electrons. The minimum absolute atomic E-state index is 0.0453. The molecular weight excluding hydrogens is 1390 g/mol. The summed E-state index contributed by atoms with van der Waals surface area (Å²) in [5.41, 5.74) is 11.9.